The molecule has 0 atom stereocenters. The lowest BCUT2D eigenvalue weighted by molar-refractivity contribution is -0.163. The molecular weight excluding hydrogens is 322 g/mol. The van der Waals surface area contributed by atoms with Gasteiger partial charge in [-0.25, -0.2) is 4.79 Å². The zero-order chi connectivity index (χ0) is 18.0. The minimum atomic E-state index is -0.861. The molecule has 0 radical (unpaired) electrons. The molecule has 1 aliphatic rings. The Morgan fingerprint density at radius 1 is 1.24 bits per heavy atom. The molecule has 0 spiro atoms. The Morgan fingerprint density at radius 2 is 1.96 bits per heavy atom. The fraction of sp³-hybridized carbons (Fsp3) is 0.474. The van der Waals surface area contributed by atoms with E-state index in [2.05, 4.69) is 10.1 Å². The first-order chi connectivity index (χ1) is 12.2. The number of carbonyl (C=O) groups excluding carboxylic acids is 2. The van der Waals surface area contributed by atoms with Crippen molar-refractivity contribution in [3.05, 3.63) is 48.0 Å². The van der Waals surface area contributed by atoms with E-state index in [0.717, 1.165) is 5.56 Å². The molecule has 1 fully saturated rings. The van der Waals surface area contributed by atoms with E-state index in [-0.39, 0.29) is 5.91 Å². The summed E-state index contributed by atoms with van der Waals surface area (Å²) in [5.74, 6) is -0.531. The van der Waals surface area contributed by atoms with Gasteiger partial charge >= 0.3 is 5.97 Å². The minimum absolute atomic E-state index is 0.127. The summed E-state index contributed by atoms with van der Waals surface area (Å²) in [4.78, 5) is 23.7. The van der Waals surface area contributed by atoms with Gasteiger partial charge in [0.05, 0.1) is 13.7 Å². The first-order valence-electron chi connectivity index (χ1n) is 8.45. The van der Waals surface area contributed by atoms with Crippen LogP contribution in [0.2, 0.25) is 0 Å². The molecule has 1 aromatic rings. The highest BCUT2D eigenvalue weighted by Crippen LogP contribution is 2.27. The molecule has 0 unspecified atom stereocenters. The van der Waals surface area contributed by atoms with E-state index in [9.17, 15) is 9.59 Å². The predicted octanol–water partition coefficient (Wildman–Crippen LogP) is 1.99. The van der Waals surface area contributed by atoms with Crippen LogP contribution in [0.25, 0.3) is 0 Å². The first kappa shape index (κ1) is 19.1. The van der Waals surface area contributed by atoms with Crippen molar-refractivity contribution in [2.24, 2.45) is 0 Å². The molecule has 1 heterocycles. The van der Waals surface area contributed by atoms with E-state index in [1.165, 1.54) is 13.2 Å². The van der Waals surface area contributed by atoms with Gasteiger partial charge in [-0.05, 0) is 12.0 Å². The summed E-state index contributed by atoms with van der Waals surface area (Å²) in [7, 11) is 1.33. The third kappa shape index (κ3) is 5.99. The number of amides is 1. The summed E-state index contributed by atoms with van der Waals surface area (Å²) in [5, 5.41) is 2.90. The molecule has 6 heteroatoms. The molecule has 0 bridgehead atoms. The average Bonchev–Trinajstić information content (AvgIpc) is 2.67. The summed E-state index contributed by atoms with van der Waals surface area (Å²) in [6.45, 7) is 1.83. The van der Waals surface area contributed by atoms with Crippen LogP contribution in [-0.4, -0.2) is 44.3 Å². The van der Waals surface area contributed by atoms with Gasteiger partial charge < -0.3 is 19.5 Å². The number of benzene rings is 1. The van der Waals surface area contributed by atoms with Gasteiger partial charge in [-0.15, -0.1) is 0 Å². The molecule has 25 heavy (non-hydrogen) atoms. The molecule has 0 saturated carbocycles. The number of esters is 1. The largest absolute Gasteiger partial charge is 0.466 e. The highest BCUT2D eigenvalue weighted by Gasteiger charge is 2.41. The summed E-state index contributed by atoms with van der Waals surface area (Å²) < 4.78 is 15.9. The predicted molar refractivity (Wildman–Crippen MR) is 92.8 cm³/mol. The van der Waals surface area contributed by atoms with Gasteiger partial charge in [0.2, 0.25) is 0 Å². The van der Waals surface area contributed by atoms with Crippen molar-refractivity contribution >= 4 is 11.9 Å². The first-order valence-corrected chi connectivity index (χ1v) is 8.45. The van der Waals surface area contributed by atoms with Gasteiger partial charge in [0, 0.05) is 38.7 Å². The van der Waals surface area contributed by atoms with Gasteiger partial charge in [0.25, 0.3) is 5.91 Å². The van der Waals surface area contributed by atoms with E-state index in [4.69, 9.17) is 9.47 Å². The summed E-state index contributed by atoms with van der Waals surface area (Å²) in [5.41, 5.74) is 0.169. The standard InChI is InChI=1S/C19H25NO5/c1-23-17(21)9-5-6-12-20-18(22)19(10-13-24-14-11-19)25-15-16-7-3-2-4-8-16/h2-5,7-9H,6,10-15H2,1H3,(H,20,22)/b9-5+. The van der Waals surface area contributed by atoms with Crippen molar-refractivity contribution < 1.29 is 23.8 Å². The average molecular weight is 347 g/mol. The van der Waals surface area contributed by atoms with Crippen molar-refractivity contribution in [1.29, 1.82) is 0 Å². The Kier molecular flexibility index (Phi) is 7.63. The van der Waals surface area contributed by atoms with Crippen LogP contribution in [0, 0.1) is 0 Å². The second kappa shape index (κ2) is 9.96. The van der Waals surface area contributed by atoms with E-state index in [0.29, 0.717) is 45.6 Å². The molecular formula is C19H25NO5. The van der Waals surface area contributed by atoms with E-state index in [1.54, 1.807) is 6.08 Å². The fourth-order valence-corrected chi connectivity index (χ4v) is 2.61. The molecule has 1 saturated heterocycles. The maximum absolute atomic E-state index is 12.7. The van der Waals surface area contributed by atoms with Crippen LogP contribution in [-0.2, 0) is 30.4 Å². The number of hydrogen-bond donors (Lipinski definition) is 1. The van der Waals surface area contributed by atoms with Crippen LogP contribution < -0.4 is 5.32 Å². The topological polar surface area (TPSA) is 73.9 Å². The Balaban J connectivity index is 1.88. The molecule has 6 nitrogen and oxygen atoms in total. The number of ether oxygens (including phenoxy) is 3. The third-order valence-electron chi connectivity index (χ3n) is 4.12. The molecule has 1 N–H and O–H groups in total. The number of carbonyl (C=O) groups is 2. The zero-order valence-electron chi connectivity index (χ0n) is 14.5. The van der Waals surface area contributed by atoms with E-state index >= 15 is 0 Å². The molecule has 136 valence electrons. The van der Waals surface area contributed by atoms with Crippen LogP contribution >= 0.6 is 0 Å². The SMILES string of the molecule is COC(=O)/C=C/CCNC(=O)C1(OCc2ccccc2)CCOCC1. The van der Waals surface area contributed by atoms with Gasteiger partial charge in [-0.1, -0.05) is 36.4 Å². The summed E-state index contributed by atoms with van der Waals surface area (Å²) >= 11 is 0. The Hall–Kier alpha value is -2.18. The number of hydrogen-bond acceptors (Lipinski definition) is 5. The monoisotopic (exact) mass is 347 g/mol. The Labute approximate surface area is 148 Å². The molecule has 1 aromatic carbocycles. The lowest BCUT2D eigenvalue weighted by Gasteiger charge is -2.35. The van der Waals surface area contributed by atoms with Crippen LogP contribution in [0.1, 0.15) is 24.8 Å². The summed E-state index contributed by atoms with van der Waals surface area (Å²) in [6.07, 6.45) is 4.63. The van der Waals surface area contributed by atoms with Crippen molar-refractivity contribution in [1.82, 2.24) is 5.32 Å². The van der Waals surface area contributed by atoms with Crippen LogP contribution in [0.4, 0.5) is 0 Å². The maximum atomic E-state index is 12.7. The van der Waals surface area contributed by atoms with Gasteiger partial charge in [0.15, 0.2) is 5.60 Å². The molecule has 2 rings (SSSR count). The lowest BCUT2D eigenvalue weighted by atomic mass is 9.92. The van der Waals surface area contributed by atoms with Crippen molar-refractivity contribution in [2.75, 3.05) is 26.9 Å². The van der Waals surface area contributed by atoms with Crippen LogP contribution in [0.15, 0.2) is 42.5 Å². The molecule has 1 amide bonds. The Morgan fingerprint density at radius 3 is 2.64 bits per heavy atom. The second-order valence-corrected chi connectivity index (χ2v) is 5.85. The number of methoxy groups -OCH3 is 1. The van der Waals surface area contributed by atoms with Gasteiger partial charge in [-0.3, -0.25) is 4.79 Å². The van der Waals surface area contributed by atoms with Crippen molar-refractivity contribution in [2.45, 2.75) is 31.5 Å². The second-order valence-electron chi connectivity index (χ2n) is 5.85. The fourth-order valence-electron chi connectivity index (χ4n) is 2.61. The van der Waals surface area contributed by atoms with E-state index in [1.807, 2.05) is 30.3 Å². The zero-order valence-corrected chi connectivity index (χ0v) is 14.5. The number of nitrogens with one attached hydrogen (secondary N) is 1. The summed E-state index contributed by atoms with van der Waals surface area (Å²) in [6, 6.07) is 9.79. The quantitative estimate of drug-likeness (QED) is 0.442. The molecule has 1 aliphatic heterocycles. The van der Waals surface area contributed by atoms with Crippen LogP contribution in [0.3, 0.4) is 0 Å². The molecule has 0 aromatic heterocycles. The minimum Gasteiger partial charge on any atom is -0.466 e. The smallest absolute Gasteiger partial charge is 0.330 e. The highest BCUT2D eigenvalue weighted by atomic mass is 16.5. The maximum Gasteiger partial charge on any atom is 0.330 e. The Bertz CT molecular complexity index is 579. The molecule has 0 aliphatic carbocycles. The van der Waals surface area contributed by atoms with Crippen molar-refractivity contribution in [3.63, 3.8) is 0 Å². The van der Waals surface area contributed by atoms with Crippen molar-refractivity contribution in [3.8, 4) is 0 Å². The van der Waals surface area contributed by atoms with E-state index < -0.39 is 11.6 Å². The third-order valence-corrected chi connectivity index (χ3v) is 4.12. The van der Waals surface area contributed by atoms with Gasteiger partial charge in [0.1, 0.15) is 0 Å². The highest BCUT2D eigenvalue weighted by molar-refractivity contribution is 5.85. The normalized spacial score (nSPS) is 16.5. The lowest BCUT2D eigenvalue weighted by Crippen LogP contribution is -2.52. The van der Waals surface area contributed by atoms with Gasteiger partial charge in [-0.2, -0.15) is 0 Å². The van der Waals surface area contributed by atoms with Crippen LogP contribution in [0.5, 0.6) is 0 Å². The number of rotatable bonds is 8.